The summed E-state index contributed by atoms with van der Waals surface area (Å²) in [5.41, 5.74) is 0.404. The Morgan fingerprint density at radius 2 is 2.15 bits per heavy atom. The first kappa shape index (κ1) is 14.8. The van der Waals surface area contributed by atoms with Gasteiger partial charge in [-0.2, -0.15) is 0 Å². The molecule has 0 aliphatic heterocycles. The Bertz CT molecular complexity index is 529. The summed E-state index contributed by atoms with van der Waals surface area (Å²) < 4.78 is 0. The number of anilines is 1. The number of halogens is 1. The molecule has 0 heterocycles. The highest BCUT2D eigenvalue weighted by molar-refractivity contribution is 6.33. The lowest BCUT2D eigenvalue weighted by Crippen LogP contribution is -2.35. The van der Waals surface area contributed by atoms with Gasteiger partial charge in [0.2, 0.25) is 5.91 Å². The van der Waals surface area contributed by atoms with Gasteiger partial charge in [-0.1, -0.05) is 11.6 Å². The summed E-state index contributed by atoms with van der Waals surface area (Å²) in [7, 11) is 0. The number of carbonyl (C=O) groups excluding carboxylic acids is 1. The maximum atomic E-state index is 11.8. The van der Waals surface area contributed by atoms with Gasteiger partial charge in [0.25, 0.3) is 0 Å². The molecule has 0 radical (unpaired) electrons. The van der Waals surface area contributed by atoms with Gasteiger partial charge in [-0.3, -0.25) is 4.79 Å². The van der Waals surface area contributed by atoms with Crippen molar-refractivity contribution in [2.75, 3.05) is 11.9 Å². The average molecular weight is 297 g/mol. The van der Waals surface area contributed by atoms with E-state index in [1.54, 1.807) is 0 Å². The van der Waals surface area contributed by atoms with Gasteiger partial charge < -0.3 is 15.7 Å². The van der Waals surface area contributed by atoms with E-state index in [-0.39, 0.29) is 18.0 Å². The van der Waals surface area contributed by atoms with E-state index in [1.165, 1.54) is 31.0 Å². The van der Waals surface area contributed by atoms with Crippen molar-refractivity contribution in [2.24, 2.45) is 5.92 Å². The molecule has 108 valence electrons. The van der Waals surface area contributed by atoms with Crippen LogP contribution in [-0.2, 0) is 4.79 Å². The van der Waals surface area contributed by atoms with Crippen LogP contribution in [0.25, 0.3) is 0 Å². The third-order valence-corrected chi connectivity index (χ3v) is 3.73. The molecule has 1 unspecified atom stereocenters. The van der Waals surface area contributed by atoms with Crippen molar-refractivity contribution in [3.8, 4) is 0 Å². The van der Waals surface area contributed by atoms with E-state index in [2.05, 4.69) is 17.6 Å². The Morgan fingerprint density at radius 3 is 2.75 bits per heavy atom. The monoisotopic (exact) mass is 296 g/mol. The topological polar surface area (TPSA) is 78.4 Å². The van der Waals surface area contributed by atoms with Crippen LogP contribution in [0.2, 0.25) is 5.02 Å². The van der Waals surface area contributed by atoms with Gasteiger partial charge in [-0.25, -0.2) is 4.79 Å². The number of carboxylic acid groups (broad SMARTS) is 1. The minimum atomic E-state index is -1.06. The van der Waals surface area contributed by atoms with E-state index in [9.17, 15) is 9.59 Å². The Labute approximate surface area is 122 Å². The lowest BCUT2D eigenvalue weighted by molar-refractivity contribution is -0.115. The molecule has 2 rings (SSSR count). The Hall–Kier alpha value is -1.59. The first-order valence-corrected chi connectivity index (χ1v) is 6.91. The second kappa shape index (κ2) is 6.24. The van der Waals surface area contributed by atoms with Crippen LogP contribution < -0.4 is 10.6 Å². The number of carbonyl (C=O) groups is 2. The number of carboxylic acids is 1. The van der Waals surface area contributed by atoms with Gasteiger partial charge in [0.15, 0.2) is 0 Å². The summed E-state index contributed by atoms with van der Waals surface area (Å²) in [6.07, 6.45) is 2.42. The standard InChI is InChI=1S/C14H17ClN2O3/c1-8(9-2-3-9)16-7-13(18)17-12-6-10(14(19)20)4-5-11(12)15/h4-6,8-9,16H,2-3,7H2,1H3,(H,17,18)(H,19,20). The zero-order chi connectivity index (χ0) is 14.7. The van der Waals surface area contributed by atoms with Gasteiger partial charge >= 0.3 is 5.97 Å². The van der Waals surface area contributed by atoms with E-state index in [0.29, 0.717) is 22.7 Å². The third kappa shape index (κ3) is 3.95. The second-order valence-electron chi connectivity index (χ2n) is 5.05. The van der Waals surface area contributed by atoms with Crippen LogP contribution in [-0.4, -0.2) is 29.6 Å². The summed E-state index contributed by atoms with van der Waals surface area (Å²) >= 11 is 5.94. The first-order valence-electron chi connectivity index (χ1n) is 6.53. The van der Waals surface area contributed by atoms with Gasteiger partial charge in [0.1, 0.15) is 0 Å². The number of benzene rings is 1. The fourth-order valence-electron chi connectivity index (χ4n) is 1.97. The minimum absolute atomic E-state index is 0.0870. The zero-order valence-electron chi connectivity index (χ0n) is 11.1. The number of aromatic carboxylic acids is 1. The Morgan fingerprint density at radius 1 is 1.45 bits per heavy atom. The lowest BCUT2D eigenvalue weighted by Gasteiger charge is -2.13. The predicted octanol–water partition coefficient (Wildman–Crippen LogP) is 2.36. The molecule has 1 aromatic rings. The molecule has 20 heavy (non-hydrogen) atoms. The van der Waals surface area contributed by atoms with Gasteiger partial charge in [-0.05, 0) is 43.9 Å². The van der Waals surface area contributed by atoms with Crippen molar-refractivity contribution in [1.29, 1.82) is 0 Å². The molecule has 1 saturated carbocycles. The van der Waals surface area contributed by atoms with Crippen molar-refractivity contribution in [1.82, 2.24) is 5.32 Å². The highest BCUT2D eigenvalue weighted by Gasteiger charge is 2.27. The molecule has 1 aliphatic carbocycles. The van der Waals surface area contributed by atoms with E-state index >= 15 is 0 Å². The predicted molar refractivity (Wildman–Crippen MR) is 77.2 cm³/mol. The molecule has 1 aromatic carbocycles. The summed E-state index contributed by atoms with van der Waals surface area (Å²) in [5.74, 6) is -0.624. The first-order chi connectivity index (χ1) is 9.47. The summed E-state index contributed by atoms with van der Waals surface area (Å²) in [4.78, 5) is 22.7. The minimum Gasteiger partial charge on any atom is -0.478 e. The largest absolute Gasteiger partial charge is 0.478 e. The highest BCUT2D eigenvalue weighted by atomic mass is 35.5. The zero-order valence-corrected chi connectivity index (χ0v) is 11.9. The number of nitrogens with one attached hydrogen (secondary N) is 2. The number of hydrogen-bond donors (Lipinski definition) is 3. The third-order valence-electron chi connectivity index (χ3n) is 3.40. The molecule has 0 aromatic heterocycles. The second-order valence-corrected chi connectivity index (χ2v) is 5.46. The van der Waals surface area contributed by atoms with Gasteiger partial charge in [0, 0.05) is 6.04 Å². The summed E-state index contributed by atoms with van der Waals surface area (Å²) in [6.45, 7) is 2.24. The molecule has 6 heteroatoms. The van der Waals surface area contributed by atoms with Crippen molar-refractivity contribution in [3.05, 3.63) is 28.8 Å². The van der Waals surface area contributed by atoms with E-state index in [4.69, 9.17) is 16.7 Å². The SMILES string of the molecule is CC(NCC(=O)Nc1cc(C(=O)O)ccc1Cl)C1CC1. The van der Waals surface area contributed by atoms with Crippen LogP contribution in [0.4, 0.5) is 5.69 Å². The van der Waals surface area contributed by atoms with Crippen LogP contribution in [0.5, 0.6) is 0 Å². The van der Waals surface area contributed by atoms with Crippen molar-refractivity contribution >= 4 is 29.2 Å². The molecule has 0 bridgehead atoms. The van der Waals surface area contributed by atoms with Gasteiger partial charge in [-0.15, -0.1) is 0 Å². The van der Waals surface area contributed by atoms with Crippen LogP contribution in [0, 0.1) is 5.92 Å². The maximum absolute atomic E-state index is 11.8. The smallest absolute Gasteiger partial charge is 0.335 e. The molecule has 1 atom stereocenters. The Kier molecular flexibility index (Phi) is 4.62. The molecule has 1 amide bonds. The van der Waals surface area contributed by atoms with Crippen LogP contribution >= 0.6 is 11.6 Å². The summed E-state index contributed by atoms with van der Waals surface area (Å²) in [6, 6.07) is 4.53. The quantitative estimate of drug-likeness (QED) is 0.753. The number of rotatable bonds is 6. The molecular weight excluding hydrogens is 280 g/mol. The fourth-order valence-corrected chi connectivity index (χ4v) is 2.13. The average Bonchev–Trinajstić information content (AvgIpc) is 3.22. The lowest BCUT2D eigenvalue weighted by atomic mass is 10.2. The number of hydrogen-bond acceptors (Lipinski definition) is 3. The molecule has 3 N–H and O–H groups in total. The Balaban J connectivity index is 1.92. The van der Waals surface area contributed by atoms with E-state index in [0.717, 1.165) is 0 Å². The highest BCUT2D eigenvalue weighted by Crippen LogP contribution is 2.32. The van der Waals surface area contributed by atoms with Crippen molar-refractivity contribution in [3.63, 3.8) is 0 Å². The van der Waals surface area contributed by atoms with Gasteiger partial charge in [0.05, 0.1) is 22.8 Å². The molecular formula is C14H17ClN2O3. The normalized spacial score (nSPS) is 15.7. The van der Waals surface area contributed by atoms with Crippen molar-refractivity contribution in [2.45, 2.75) is 25.8 Å². The molecule has 1 fully saturated rings. The van der Waals surface area contributed by atoms with E-state index in [1.807, 2.05) is 0 Å². The van der Waals surface area contributed by atoms with Crippen LogP contribution in [0.15, 0.2) is 18.2 Å². The molecule has 0 spiro atoms. The molecule has 1 aliphatic rings. The van der Waals surface area contributed by atoms with Crippen LogP contribution in [0.1, 0.15) is 30.1 Å². The molecule has 0 saturated heterocycles. The van der Waals surface area contributed by atoms with E-state index < -0.39 is 5.97 Å². The van der Waals surface area contributed by atoms with Crippen molar-refractivity contribution < 1.29 is 14.7 Å². The maximum Gasteiger partial charge on any atom is 0.335 e. The fraction of sp³-hybridized carbons (Fsp3) is 0.429. The summed E-state index contributed by atoms with van der Waals surface area (Å²) in [5, 5.41) is 15.0. The number of amides is 1. The molecule has 5 nitrogen and oxygen atoms in total. The van der Waals surface area contributed by atoms with Crippen LogP contribution in [0.3, 0.4) is 0 Å².